The van der Waals surface area contributed by atoms with E-state index >= 15 is 0 Å². The first-order valence-corrected chi connectivity index (χ1v) is 9.29. The van der Waals surface area contributed by atoms with Gasteiger partial charge in [-0.25, -0.2) is 4.39 Å². The molecule has 2 rings (SSSR count). The zero-order chi connectivity index (χ0) is 20.0. The molecule has 144 valence electrons. The molecule has 27 heavy (non-hydrogen) atoms. The largest absolute Gasteiger partial charge is 0.340 e. The summed E-state index contributed by atoms with van der Waals surface area (Å²) < 4.78 is 13.4. The van der Waals surface area contributed by atoms with Crippen molar-refractivity contribution in [2.75, 3.05) is 6.54 Å². The Bertz CT molecular complexity index is 793. The van der Waals surface area contributed by atoms with Crippen LogP contribution in [0.5, 0.6) is 0 Å². The molecule has 0 heterocycles. The van der Waals surface area contributed by atoms with Crippen molar-refractivity contribution in [2.45, 2.75) is 33.4 Å². The fourth-order valence-corrected chi connectivity index (χ4v) is 2.86. The highest BCUT2D eigenvalue weighted by Crippen LogP contribution is 2.14. The number of benzene rings is 2. The molecule has 0 aliphatic heterocycles. The Labute approximate surface area is 164 Å². The SMILES string of the molecule is CCN(Cc1cccc(F)c1)C(=O)[C@@H](NC(=O)c1ccc(Cl)cc1)C(C)C. The van der Waals surface area contributed by atoms with Crippen LogP contribution in [-0.2, 0) is 11.3 Å². The highest BCUT2D eigenvalue weighted by atomic mass is 35.5. The normalized spacial score (nSPS) is 11.9. The predicted molar refractivity (Wildman–Crippen MR) is 105 cm³/mol. The minimum Gasteiger partial charge on any atom is -0.340 e. The number of carbonyl (C=O) groups is 2. The first-order chi connectivity index (χ1) is 12.8. The average molecular weight is 391 g/mol. The van der Waals surface area contributed by atoms with Crippen molar-refractivity contribution in [3.63, 3.8) is 0 Å². The number of hydrogen-bond donors (Lipinski definition) is 1. The molecule has 4 nitrogen and oxygen atoms in total. The summed E-state index contributed by atoms with van der Waals surface area (Å²) >= 11 is 5.85. The van der Waals surface area contributed by atoms with Gasteiger partial charge in [0.2, 0.25) is 5.91 Å². The number of nitrogens with one attached hydrogen (secondary N) is 1. The van der Waals surface area contributed by atoms with Crippen molar-refractivity contribution in [3.8, 4) is 0 Å². The van der Waals surface area contributed by atoms with E-state index in [9.17, 15) is 14.0 Å². The maximum atomic E-state index is 13.4. The Morgan fingerprint density at radius 3 is 2.37 bits per heavy atom. The van der Waals surface area contributed by atoms with Crippen LogP contribution in [0.3, 0.4) is 0 Å². The van der Waals surface area contributed by atoms with E-state index in [2.05, 4.69) is 5.32 Å². The van der Waals surface area contributed by atoms with E-state index in [4.69, 9.17) is 11.6 Å². The van der Waals surface area contributed by atoms with E-state index in [0.717, 1.165) is 0 Å². The molecule has 1 N–H and O–H groups in total. The molecular formula is C21H24ClFN2O2. The van der Waals surface area contributed by atoms with Gasteiger partial charge in [-0.15, -0.1) is 0 Å². The third-order valence-electron chi connectivity index (χ3n) is 4.28. The Kier molecular flexibility index (Phi) is 7.36. The summed E-state index contributed by atoms with van der Waals surface area (Å²) in [4.78, 5) is 27.1. The van der Waals surface area contributed by atoms with Gasteiger partial charge in [-0.05, 0) is 54.8 Å². The van der Waals surface area contributed by atoms with Gasteiger partial charge in [0.15, 0.2) is 0 Å². The maximum Gasteiger partial charge on any atom is 0.251 e. The molecule has 0 aliphatic rings. The zero-order valence-corrected chi connectivity index (χ0v) is 16.5. The molecule has 0 saturated carbocycles. The lowest BCUT2D eigenvalue weighted by Crippen LogP contribution is -2.51. The monoisotopic (exact) mass is 390 g/mol. The van der Waals surface area contributed by atoms with Gasteiger partial charge in [0.1, 0.15) is 11.9 Å². The van der Waals surface area contributed by atoms with Gasteiger partial charge < -0.3 is 10.2 Å². The van der Waals surface area contributed by atoms with Crippen LogP contribution in [0.15, 0.2) is 48.5 Å². The van der Waals surface area contributed by atoms with E-state index in [1.165, 1.54) is 12.1 Å². The minimum atomic E-state index is -0.679. The van der Waals surface area contributed by atoms with E-state index in [1.807, 2.05) is 20.8 Å². The molecule has 0 aromatic heterocycles. The fraction of sp³-hybridized carbons (Fsp3) is 0.333. The lowest BCUT2D eigenvalue weighted by molar-refractivity contribution is -0.134. The molecular weight excluding hydrogens is 367 g/mol. The second-order valence-corrected chi connectivity index (χ2v) is 7.12. The Morgan fingerprint density at radius 1 is 1.15 bits per heavy atom. The van der Waals surface area contributed by atoms with Crippen molar-refractivity contribution in [3.05, 3.63) is 70.5 Å². The number of amides is 2. The van der Waals surface area contributed by atoms with E-state index < -0.39 is 6.04 Å². The van der Waals surface area contributed by atoms with Gasteiger partial charge in [0, 0.05) is 23.7 Å². The first-order valence-electron chi connectivity index (χ1n) is 8.91. The van der Waals surface area contributed by atoms with Crippen molar-refractivity contribution < 1.29 is 14.0 Å². The topological polar surface area (TPSA) is 49.4 Å². The van der Waals surface area contributed by atoms with Gasteiger partial charge in [0.05, 0.1) is 0 Å². The number of carbonyl (C=O) groups excluding carboxylic acids is 2. The van der Waals surface area contributed by atoms with Crippen LogP contribution in [0.25, 0.3) is 0 Å². The van der Waals surface area contributed by atoms with E-state index in [1.54, 1.807) is 41.3 Å². The summed E-state index contributed by atoms with van der Waals surface area (Å²) in [6.07, 6.45) is 0. The predicted octanol–water partition coefficient (Wildman–Crippen LogP) is 4.28. The van der Waals surface area contributed by atoms with Crippen molar-refractivity contribution in [1.29, 1.82) is 0 Å². The summed E-state index contributed by atoms with van der Waals surface area (Å²) in [5.74, 6) is -0.970. The number of halogens is 2. The number of hydrogen-bond acceptors (Lipinski definition) is 2. The second-order valence-electron chi connectivity index (χ2n) is 6.68. The van der Waals surface area contributed by atoms with Gasteiger partial charge in [-0.3, -0.25) is 9.59 Å². The van der Waals surface area contributed by atoms with Crippen LogP contribution >= 0.6 is 11.6 Å². The van der Waals surface area contributed by atoms with Crippen LogP contribution < -0.4 is 5.32 Å². The lowest BCUT2D eigenvalue weighted by atomic mass is 10.0. The molecule has 0 radical (unpaired) electrons. The molecule has 0 spiro atoms. The second kappa shape index (κ2) is 9.51. The third-order valence-corrected chi connectivity index (χ3v) is 4.53. The molecule has 0 bridgehead atoms. The van der Waals surface area contributed by atoms with Gasteiger partial charge in [-0.1, -0.05) is 37.6 Å². The smallest absolute Gasteiger partial charge is 0.251 e. The molecule has 0 saturated heterocycles. The number of nitrogens with zero attached hydrogens (tertiary/aromatic N) is 1. The highest BCUT2D eigenvalue weighted by molar-refractivity contribution is 6.30. The van der Waals surface area contributed by atoms with E-state index in [-0.39, 0.29) is 30.1 Å². The fourth-order valence-electron chi connectivity index (χ4n) is 2.74. The van der Waals surface area contributed by atoms with Crippen molar-refractivity contribution in [2.24, 2.45) is 5.92 Å². The maximum absolute atomic E-state index is 13.4. The molecule has 6 heteroatoms. The zero-order valence-electron chi connectivity index (χ0n) is 15.7. The standard InChI is InChI=1S/C21H24ClFN2O2/c1-4-25(13-15-6-5-7-18(23)12-15)21(27)19(14(2)3)24-20(26)16-8-10-17(22)11-9-16/h5-12,14,19H,4,13H2,1-3H3,(H,24,26)/t19-/m0/s1. The molecule has 1 atom stereocenters. The molecule has 0 fully saturated rings. The number of rotatable bonds is 7. The molecule has 2 amide bonds. The molecule has 0 unspecified atom stereocenters. The highest BCUT2D eigenvalue weighted by Gasteiger charge is 2.28. The van der Waals surface area contributed by atoms with Crippen molar-refractivity contribution in [1.82, 2.24) is 10.2 Å². The van der Waals surface area contributed by atoms with Crippen LogP contribution in [0.4, 0.5) is 4.39 Å². The van der Waals surface area contributed by atoms with E-state index in [0.29, 0.717) is 22.7 Å². The summed E-state index contributed by atoms with van der Waals surface area (Å²) in [5, 5.41) is 3.35. The lowest BCUT2D eigenvalue weighted by Gasteiger charge is -2.29. The molecule has 2 aromatic carbocycles. The van der Waals surface area contributed by atoms with Crippen LogP contribution in [0.2, 0.25) is 5.02 Å². The Balaban J connectivity index is 2.14. The van der Waals surface area contributed by atoms with Gasteiger partial charge in [0.25, 0.3) is 5.91 Å². The minimum absolute atomic E-state index is 0.102. The quantitative estimate of drug-likeness (QED) is 0.767. The summed E-state index contributed by atoms with van der Waals surface area (Å²) in [5.41, 5.74) is 1.14. The summed E-state index contributed by atoms with van der Waals surface area (Å²) in [7, 11) is 0. The van der Waals surface area contributed by atoms with Crippen LogP contribution in [-0.4, -0.2) is 29.3 Å². The van der Waals surface area contributed by atoms with Gasteiger partial charge in [-0.2, -0.15) is 0 Å². The Morgan fingerprint density at radius 2 is 1.81 bits per heavy atom. The first kappa shape index (κ1) is 20.9. The van der Waals surface area contributed by atoms with Crippen LogP contribution in [0.1, 0.15) is 36.7 Å². The third kappa shape index (κ3) is 5.79. The molecule has 0 aliphatic carbocycles. The van der Waals surface area contributed by atoms with Gasteiger partial charge >= 0.3 is 0 Å². The molecule has 2 aromatic rings. The number of likely N-dealkylation sites (N-methyl/N-ethyl adjacent to an activating group) is 1. The van der Waals surface area contributed by atoms with Crippen molar-refractivity contribution >= 4 is 23.4 Å². The van der Waals surface area contributed by atoms with Crippen LogP contribution in [0, 0.1) is 11.7 Å². The average Bonchev–Trinajstić information content (AvgIpc) is 2.63. The summed E-state index contributed by atoms with van der Waals surface area (Å²) in [6.45, 7) is 6.35. The summed E-state index contributed by atoms with van der Waals surface area (Å²) in [6, 6.07) is 12.0. The Hall–Kier alpha value is -2.40.